The number of methoxy groups -OCH3 is 1. The Hall–Kier alpha value is -0.650. The molecular weight excluding hydrogens is 270 g/mol. The first-order valence-electron chi connectivity index (χ1n) is 8.22. The van der Waals surface area contributed by atoms with Crippen LogP contribution < -0.4 is 5.32 Å². The van der Waals surface area contributed by atoms with Gasteiger partial charge in [-0.25, -0.2) is 0 Å². The van der Waals surface area contributed by atoms with E-state index in [0.29, 0.717) is 19.8 Å². The van der Waals surface area contributed by atoms with Crippen molar-refractivity contribution in [2.75, 3.05) is 46.7 Å². The largest absolute Gasteiger partial charge is 0.379 e. The van der Waals surface area contributed by atoms with Crippen LogP contribution in [-0.2, 0) is 19.0 Å². The number of carbonyl (C=O) groups excluding carboxylic acids is 1. The number of ether oxygens (including phenoxy) is 3. The maximum absolute atomic E-state index is 11.1. The quantitative estimate of drug-likeness (QED) is 0.445. The molecule has 0 fully saturated rings. The Morgan fingerprint density at radius 2 is 1.48 bits per heavy atom. The Bertz CT molecular complexity index is 224. The van der Waals surface area contributed by atoms with E-state index < -0.39 is 0 Å². The van der Waals surface area contributed by atoms with Crippen LogP contribution in [0.1, 0.15) is 51.9 Å². The van der Waals surface area contributed by atoms with Gasteiger partial charge in [-0.1, -0.05) is 26.2 Å². The minimum atomic E-state index is -0.0511. The minimum Gasteiger partial charge on any atom is -0.379 e. The van der Waals surface area contributed by atoms with Gasteiger partial charge in [0.05, 0.1) is 13.2 Å². The second kappa shape index (κ2) is 17.4. The van der Waals surface area contributed by atoms with Crippen LogP contribution in [0.4, 0.5) is 0 Å². The zero-order valence-electron chi connectivity index (χ0n) is 13.8. The van der Waals surface area contributed by atoms with E-state index in [-0.39, 0.29) is 12.5 Å². The van der Waals surface area contributed by atoms with Gasteiger partial charge in [0, 0.05) is 26.9 Å². The summed E-state index contributed by atoms with van der Waals surface area (Å²) < 4.78 is 15.7. The van der Waals surface area contributed by atoms with Gasteiger partial charge in [-0.2, -0.15) is 0 Å². The van der Waals surface area contributed by atoms with E-state index in [0.717, 1.165) is 38.9 Å². The molecule has 0 bridgehead atoms. The molecule has 0 saturated heterocycles. The number of carbonyl (C=O) groups is 1. The molecule has 0 heterocycles. The molecule has 0 rings (SSSR count). The number of hydrogen-bond donors (Lipinski definition) is 1. The number of hydrogen-bond acceptors (Lipinski definition) is 4. The summed E-state index contributed by atoms with van der Waals surface area (Å²) in [7, 11) is 1.52. The van der Waals surface area contributed by atoms with Crippen LogP contribution in [0.15, 0.2) is 0 Å². The normalized spacial score (nSPS) is 10.8. The van der Waals surface area contributed by atoms with Gasteiger partial charge in [-0.15, -0.1) is 0 Å². The van der Waals surface area contributed by atoms with Crippen molar-refractivity contribution in [2.45, 2.75) is 51.9 Å². The Morgan fingerprint density at radius 3 is 2.05 bits per heavy atom. The molecular formula is C16H33NO4. The lowest BCUT2D eigenvalue weighted by atomic mass is 10.2. The summed E-state index contributed by atoms with van der Waals surface area (Å²) in [6.45, 7) is 6.06. The molecule has 5 heteroatoms. The fourth-order valence-electron chi connectivity index (χ4n) is 1.87. The number of unbranched alkanes of at least 4 members (excludes halogenated alkanes) is 5. The van der Waals surface area contributed by atoms with Gasteiger partial charge in [-0.05, 0) is 25.7 Å². The third kappa shape index (κ3) is 17.3. The molecule has 0 aromatic carbocycles. The summed E-state index contributed by atoms with van der Waals surface area (Å²) >= 11 is 0. The maximum atomic E-state index is 11.1. The number of rotatable bonds is 16. The average Bonchev–Trinajstić information content (AvgIpc) is 2.48. The van der Waals surface area contributed by atoms with Gasteiger partial charge in [0.25, 0.3) is 0 Å². The third-order valence-corrected chi connectivity index (χ3v) is 3.08. The number of amides is 1. The molecule has 5 nitrogen and oxygen atoms in total. The minimum absolute atomic E-state index is 0.0511. The predicted molar refractivity (Wildman–Crippen MR) is 84.5 cm³/mol. The highest BCUT2D eigenvalue weighted by molar-refractivity contribution is 5.77. The fourth-order valence-corrected chi connectivity index (χ4v) is 1.87. The maximum Gasteiger partial charge on any atom is 0.245 e. The van der Waals surface area contributed by atoms with E-state index in [1.165, 1.54) is 26.4 Å². The zero-order valence-corrected chi connectivity index (χ0v) is 13.8. The van der Waals surface area contributed by atoms with Gasteiger partial charge >= 0.3 is 0 Å². The number of nitrogens with one attached hydrogen (secondary N) is 1. The van der Waals surface area contributed by atoms with Gasteiger partial charge in [0.15, 0.2) is 0 Å². The molecule has 0 saturated carbocycles. The lowest BCUT2D eigenvalue weighted by Crippen LogP contribution is -2.27. The van der Waals surface area contributed by atoms with E-state index in [2.05, 4.69) is 12.2 Å². The molecule has 0 aliphatic heterocycles. The lowest BCUT2D eigenvalue weighted by molar-refractivity contribution is -0.124. The Morgan fingerprint density at radius 1 is 0.857 bits per heavy atom. The topological polar surface area (TPSA) is 56.8 Å². The Kier molecular flexibility index (Phi) is 16.9. The van der Waals surface area contributed by atoms with Crippen molar-refractivity contribution in [2.24, 2.45) is 0 Å². The van der Waals surface area contributed by atoms with Crippen LogP contribution in [0.3, 0.4) is 0 Å². The average molecular weight is 303 g/mol. The van der Waals surface area contributed by atoms with Crippen molar-refractivity contribution in [1.29, 1.82) is 0 Å². The standard InChI is InChI=1S/C16H33NO4/c1-3-4-5-8-11-20-13-14-21-12-9-6-7-10-17-16(18)15-19-2/h3-15H2,1-2H3,(H,17,18). The first-order chi connectivity index (χ1) is 10.3. The van der Waals surface area contributed by atoms with Crippen molar-refractivity contribution < 1.29 is 19.0 Å². The monoisotopic (exact) mass is 303 g/mol. The second-order valence-electron chi connectivity index (χ2n) is 5.13. The van der Waals surface area contributed by atoms with Crippen LogP contribution in [0.25, 0.3) is 0 Å². The lowest BCUT2D eigenvalue weighted by Gasteiger charge is -2.06. The zero-order chi connectivity index (χ0) is 15.6. The van der Waals surface area contributed by atoms with Gasteiger partial charge in [0.2, 0.25) is 5.91 Å². The first-order valence-corrected chi connectivity index (χ1v) is 8.22. The smallest absolute Gasteiger partial charge is 0.245 e. The van der Waals surface area contributed by atoms with Crippen LogP contribution in [0, 0.1) is 0 Å². The summed E-state index contributed by atoms with van der Waals surface area (Å²) in [6.07, 6.45) is 8.04. The SMILES string of the molecule is CCCCCCOCCOCCCCCNC(=O)COC. The van der Waals surface area contributed by atoms with Crippen molar-refractivity contribution >= 4 is 5.91 Å². The van der Waals surface area contributed by atoms with Gasteiger partial charge in [0.1, 0.15) is 6.61 Å². The van der Waals surface area contributed by atoms with Gasteiger partial charge < -0.3 is 19.5 Å². The van der Waals surface area contributed by atoms with Gasteiger partial charge in [-0.3, -0.25) is 4.79 Å². The first kappa shape index (κ1) is 20.3. The Balaban J connectivity index is 3.01. The second-order valence-corrected chi connectivity index (χ2v) is 5.13. The molecule has 21 heavy (non-hydrogen) atoms. The molecule has 0 aromatic heterocycles. The van der Waals surface area contributed by atoms with E-state index in [4.69, 9.17) is 14.2 Å². The molecule has 0 atom stereocenters. The molecule has 1 N–H and O–H groups in total. The van der Waals surface area contributed by atoms with Crippen LogP contribution >= 0.6 is 0 Å². The molecule has 126 valence electrons. The molecule has 0 unspecified atom stereocenters. The molecule has 0 aliphatic rings. The summed E-state index contributed by atoms with van der Waals surface area (Å²) in [4.78, 5) is 11.1. The van der Waals surface area contributed by atoms with Crippen molar-refractivity contribution in [3.8, 4) is 0 Å². The molecule has 0 radical (unpaired) electrons. The molecule has 0 aromatic rings. The summed E-state index contributed by atoms with van der Waals surface area (Å²) in [5.41, 5.74) is 0. The molecule has 0 aliphatic carbocycles. The van der Waals surface area contributed by atoms with Crippen LogP contribution in [0.2, 0.25) is 0 Å². The van der Waals surface area contributed by atoms with E-state index in [1.807, 2.05) is 0 Å². The molecule has 1 amide bonds. The molecule has 0 spiro atoms. The van der Waals surface area contributed by atoms with Crippen molar-refractivity contribution in [1.82, 2.24) is 5.32 Å². The highest BCUT2D eigenvalue weighted by atomic mass is 16.5. The summed E-state index contributed by atoms with van der Waals surface area (Å²) in [5.74, 6) is -0.0511. The Labute approximate surface area is 129 Å². The van der Waals surface area contributed by atoms with E-state index in [1.54, 1.807) is 0 Å². The van der Waals surface area contributed by atoms with Crippen LogP contribution in [-0.4, -0.2) is 52.6 Å². The van der Waals surface area contributed by atoms with E-state index in [9.17, 15) is 4.79 Å². The highest BCUT2D eigenvalue weighted by Gasteiger charge is 1.98. The third-order valence-electron chi connectivity index (χ3n) is 3.08. The predicted octanol–water partition coefficient (Wildman–Crippen LogP) is 2.53. The van der Waals surface area contributed by atoms with E-state index >= 15 is 0 Å². The summed E-state index contributed by atoms with van der Waals surface area (Å²) in [5, 5.41) is 2.80. The van der Waals surface area contributed by atoms with Crippen molar-refractivity contribution in [3.05, 3.63) is 0 Å². The van der Waals surface area contributed by atoms with Crippen molar-refractivity contribution in [3.63, 3.8) is 0 Å². The highest BCUT2D eigenvalue weighted by Crippen LogP contribution is 1.99. The fraction of sp³-hybridized carbons (Fsp3) is 0.938. The summed E-state index contributed by atoms with van der Waals surface area (Å²) in [6, 6.07) is 0. The van der Waals surface area contributed by atoms with Crippen LogP contribution in [0.5, 0.6) is 0 Å².